The third-order valence-electron chi connectivity index (χ3n) is 4.50. The first-order chi connectivity index (χ1) is 9.78. The van der Waals surface area contributed by atoms with Crippen molar-refractivity contribution in [1.82, 2.24) is 9.55 Å². The average Bonchev–Trinajstić information content (AvgIpc) is 2.91. The molecule has 0 aromatic carbocycles. The van der Waals surface area contributed by atoms with Gasteiger partial charge in [0.05, 0.1) is 12.1 Å². The molecule has 0 saturated carbocycles. The summed E-state index contributed by atoms with van der Waals surface area (Å²) in [6, 6.07) is 2.39. The van der Waals surface area contributed by atoms with Gasteiger partial charge in [0.1, 0.15) is 5.01 Å². The highest BCUT2D eigenvalue weighted by Gasteiger charge is 2.35. The highest BCUT2D eigenvalue weighted by Crippen LogP contribution is 2.43. The van der Waals surface area contributed by atoms with Crippen molar-refractivity contribution in [2.45, 2.75) is 59.6 Å². The minimum absolute atomic E-state index is 0.146. The molecule has 0 aliphatic heterocycles. The number of nitrogens with zero attached hydrogens (tertiary/aromatic N) is 2. The highest BCUT2D eigenvalue weighted by molar-refractivity contribution is 7.11. The Hall–Kier alpha value is -1.13. The van der Waals surface area contributed by atoms with Crippen molar-refractivity contribution in [3.05, 3.63) is 39.1 Å². The third kappa shape index (κ3) is 2.55. The van der Waals surface area contributed by atoms with Crippen molar-refractivity contribution in [2.24, 2.45) is 5.41 Å². The number of aromatic nitrogens is 2. The first kappa shape index (κ1) is 14.8. The van der Waals surface area contributed by atoms with E-state index in [9.17, 15) is 5.11 Å². The smallest absolute Gasteiger partial charge is 0.115 e. The lowest BCUT2D eigenvalue weighted by Crippen LogP contribution is -2.27. The van der Waals surface area contributed by atoms with E-state index in [0.29, 0.717) is 0 Å². The molecule has 2 aromatic rings. The maximum absolute atomic E-state index is 10.5. The van der Waals surface area contributed by atoms with Crippen molar-refractivity contribution in [2.75, 3.05) is 0 Å². The molecule has 0 spiro atoms. The minimum atomic E-state index is -0.339. The van der Waals surface area contributed by atoms with Gasteiger partial charge in [-0.2, -0.15) is 0 Å². The Balaban J connectivity index is 2.08. The van der Waals surface area contributed by atoms with Crippen LogP contribution < -0.4 is 0 Å². The van der Waals surface area contributed by atoms with Crippen molar-refractivity contribution >= 4 is 11.3 Å². The number of hydrogen-bond donors (Lipinski definition) is 1. The summed E-state index contributed by atoms with van der Waals surface area (Å²) in [5.74, 6) is 0. The number of fused-ring (bicyclic) bond motifs is 1. The van der Waals surface area contributed by atoms with Crippen molar-refractivity contribution in [1.29, 1.82) is 0 Å². The van der Waals surface area contributed by atoms with Crippen LogP contribution in [0.1, 0.15) is 66.2 Å². The Morgan fingerprint density at radius 3 is 2.76 bits per heavy atom. The van der Waals surface area contributed by atoms with Gasteiger partial charge in [0, 0.05) is 28.0 Å². The second-order valence-electron chi connectivity index (χ2n) is 7.10. The molecule has 1 aliphatic rings. The van der Waals surface area contributed by atoms with Gasteiger partial charge in [-0.1, -0.05) is 13.8 Å². The summed E-state index contributed by atoms with van der Waals surface area (Å²) >= 11 is 1.76. The molecule has 0 radical (unpaired) electrons. The summed E-state index contributed by atoms with van der Waals surface area (Å²) in [4.78, 5) is 5.80. The van der Waals surface area contributed by atoms with Crippen LogP contribution >= 0.6 is 11.3 Å². The summed E-state index contributed by atoms with van der Waals surface area (Å²) < 4.78 is 2.37. The zero-order valence-corrected chi connectivity index (χ0v) is 14.3. The van der Waals surface area contributed by atoms with E-state index in [1.54, 1.807) is 11.3 Å². The van der Waals surface area contributed by atoms with Crippen molar-refractivity contribution < 1.29 is 5.11 Å². The van der Waals surface area contributed by atoms with E-state index in [-0.39, 0.29) is 17.6 Å². The zero-order chi connectivity index (χ0) is 15.4. The van der Waals surface area contributed by atoms with Gasteiger partial charge >= 0.3 is 0 Å². The molecule has 2 atom stereocenters. The molecule has 0 fully saturated rings. The van der Waals surface area contributed by atoms with Gasteiger partial charge in [-0.15, -0.1) is 11.3 Å². The second kappa shape index (κ2) is 4.96. The second-order valence-corrected chi connectivity index (χ2v) is 8.37. The molecule has 114 valence electrons. The fraction of sp³-hybridized carbons (Fsp3) is 0.588. The van der Waals surface area contributed by atoms with Crippen molar-refractivity contribution in [3.63, 3.8) is 0 Å². The van der Waals surface area contributed by atoms with E-state index in [4.69, 9.17) is 0 Å². The number of aliphatic hydroxyl groups excluding tert-OH is 1. The van der Waals surface area contributed by atoms with Gasteiger partial charge in [-0.3, -0.25) is 0 Å². The Bertz CT molecular complexity index is 668. The van der Waals surface area contributed by atoms with Crippen LogP contribution in [-0.2, 0) is 6.42 Å². The van der Waals surface area contributed by atoms with Gasteiger partial charge in [-0.25, -0.2) is 4.98 Å². The molecular formula is C17H24N2OS. The average molecular weight is 304 g/mol. The number of rotatable bonds is 2. The molecule has 0 saturated heterocycles. The molecule has 4 heteroatoms. The quantitative estimate of drug-likeness (QED) is 0.904. The lowest BCUT2D eigenvalue weighted by Gasteiger charge is -2.34. The van der Waals surface area contributed by atoms with Gasteiger partial charge in [-0.05, 0) is 45.1 Å². The van der Waals surface area contributed by atoms with Gasteiger partial charge in [0.25, 0.3) is 0 Å². The Kier molecular flexibility index (Phi) is 3.49. The molecule has 1 aliphatic carbocycles. The molecule has 3 nitrogen and oxygen atoms in total. The number of thiazole rings is 1. The molecule has 0 amide bonds. The van der Waals surface area contributed by atoms with Crippen LogP contribution in [0.3, 0.4) is 0 Å². The van der Waals surface area contributed by atoms with Crippen LogP contribution in [0.25, 0.3) is 0 Å². The van der Waals surface area contributed by atoms with E-state index >= 15 is 0 Å². The van der Waals surface area contributed by atoms with Crippen molar-refractivity contribution in [3.8, 4) is 0 Å². The molecule has 21 heavy (non-hydrogen) atoms. The lowest BCUT2D eigenvalue weighted by molar-refractivity contribution is 0.0977. The monoisotopic (exact) mass is 304 g/mol. The van der Waals surface area contributed by atoms with E-state index in [1.807, 2.05) is 6.20 Å². The highest BCUT2D eigenvalue weighted by atomic mass is 32.1. The predicted octanol–water partition coefficient (Wildman–Crippen LogP) is 4.18. The first-order valence-electron chi connectivity index (χ1n) is 7.59. The maximum Gasteiger partial charge on any atom is 0.115 e. The summed E-state index contributed by atoms with van der Waals surface area (Å²) in [6.07, 6.45) is 3.46. The molecule has 2 heterocycles. The first-order valence-corrected chi connectivity index (χ1v) is 8.41. The van der Waals surface area contributed by atoms with Crippen LogP contribution in [0.2, 0.25) is 0 Å². The maximum atomic E-state index is 10.5. The normalized spacial score (nSPS) is 22.1. The van der Waals surface area contributed by atoms with Crippen LogP contribution in [0.4, 0.5) is 0 Å². The topological polar surface area (TPSA) is 38.0 Å². The van der Waals surface area contributed by atoms with E-state index < -0.39 is 0 Å². The van der Waals surface area contributed by atoms with E-state index in [2.05, 4.69) is 50.2 Å². The van der Waals surface area contributed by atoms with Crippen LogP contribution in [0.15, 0.2) is 12.3 Å². The number of hydrogen-bond acceptors (Lipinski definition) is 3. The minimum Gasteiger partial charge on any atom is -0.388 e. The summed E-state index contributed by atoms with van der Waals surface area (Å²) in [5.41, 5.74) is 3.77. The Morgan fingerprint density at radius 1 is 1.43 bits per heavy atom. The molecule has 1 N–H and O–H groups in total. The Morgan fingerprint density at radius 2 is 2.14 bits per heavy atom. The fourth-order valence-electron chi connectivity index (χ4n) is 3.58. The van der Waals surface area contributed by atoms with Gasteiger partial charge in [0.2, 0.25) is 0 Å². The van der Waals surface area contributed by atoms with Crippen LogP contribution in [0.5, 0.6) is 0 Å². The lowest BCUT2D eigenvalue weighted by atomic mass is 9.75. The van der Waals surface area contributed by atoms with Gasteiger partial charge in [0.15, 0.2) is 0 Å². The van der Waals surface area contributed by atoms with Gasteiger partial charge < -0.3 is 9.67 Å². The zero-order valence-electron chi connectivity index (χ0n) is 13.5. The predicted molar refractivity (Wildman–Crippen MR) is 86.9 cm³/mol. The summed E-state index contributed by atoms with van der Waals surface area (Å²) in [5, 5.41) is 11.6. The number of aliphatic hydroxyl groups is 1. The third-order valence-corrected chi connectivity index (χ3v) is 5.59. The summed E-state index contributed by atoms with van der Waals surface area (Å²) in [7, 11) is 0. The number of aryl methyl sites for hydroxylation is 2. The van der Waals surface area contributed by atoms with Crippen LogP contribution in [-0.4, -0.2) is 14.7 Å². The van der Waals surface area contributed by atoms with Crippen LogP contribution in [0, 0.1) is 19.3 Å². The molecule has 0 bridgehead atoms. The largest absolute Gasteiger partial charge is 0.388 e. The fourth-order valence-corrected chi connectivity index (χ4v) is 4.40. The Labute approximate surface area is 130 Å². The standard InChI is InChI=1S/C17H24N2OS/c1-10-6-13-14(7-17(4,5)8-15(13)20)19(10)12(3)16-18-9-11(2)21-16/h6,9,12,15,20H,7-8H2,1-5H3. The summed E-state index contributed by atoms with van der Waals surface area (Å²) in [6.45, 7) is 10.9. The SMILES string of the molecule is Cc1cnc(C(C)n2c(C)cc3c2CC(C)(C)CC3O)s1. The molecule has 3 rings (SSSR count). The van der Waals surface area contributed by atoms with E-state index in [1.165, 1.54) is 16.3 Å². The van der Waals surface area contributed by atoms with E-state index in [0.717, 1.165) is 23.4 Å². The molecule has 2 aromatic heterocycles. The molecular weight excluding hydrogens is 280 g/mol. The molecule has 2 unspecified atom stereocenters.